The molecule has 0 saturated heterocycles. The van der Waals surface area contributed by atoms with Gasteiger partial charge in [0, 0.05) is 10.5 Å². The molecule has 0 saturated carbocycles. The molecular weight excluding hydrogens is 363 g/mol. The Bertz CT molecular complexity index is 845. The van der Waals surface area contributed by atoms with Gasteiger partial charge in [0.1, 0.15) is 12.4 Å². The number of halogens is 1. The molecule has 1 heterocycles. The Balaban J connectivity index is 1.92. The van der Waals surface area contributed by atoms with E-state index in [1.807, 2.05) is 13.0 Å². The fourth-order valence-electron chi connectivity index (χ4n) is 2.19. The second kappa shape index (κ2) is 9.12. The van der Waals surface area contributed by atoms with Crippen LogP contribution in [-0.2, 0) is 9.53 Å². The highest BCUT2D eigenvalue weighted by Gasteiger charge is 2.11. The SMILES string of the molecule is C=CC(=O)SCCOCCOc1cc2sc(=O)c(F)c(C)c2cc1C. The Labute approximate surface area is 153 Å². The molecule has 25 heavy (non-hydrogen) atoms. The molecule has 0 spiro atoms. The lowest BCUT2D eigenvalue weighted by atomic mass is 10.1. The number of carbonyl (C=O) groups is 1. The molecule has 0 radical (unpaired) electrons. The number of benzene rings is 1. The number of hydrogen-bond acceptors (Lipinski definition) is 6. The van der Waals surface area contributed by atoms with Gasteiger partial charge in [-0.05, 0) is 48.6 Å². The van der Waals surface area contributed by atoms with Gasteiger partial charge in [-0.3, -0.25) is 9.59 Å². The summed E-state index contributed by atoms with van der Waals surface area (Å²) < 4.78 is 25.0. The van der Waals surface area contributed by atoms with Crippen molar-refractivity contribution in [2.45, 2.75) is 13.8 Å². The Hall–Kier alpha value is -1.70. The minimum atomic E-state index is -0.688. The van der Waals surface area contributed by atoms with Gasteiger partial charge >= 0.3 is 0 Å². The highest BCUT2D eigenvalue weighted by atomic mass is 32.2. The lowest BCUT2D eigenvalue weighted by molar-refractivity contribution is -0.107. The fraction of sp³-hybridized carbons (Fsp3) is 0.333. The topological polar surface area (TPSA) is 52.6 Å². The van der Waals surface area contributed by atoms with Gasteiger partial charge in [0.05, 0.1) is 13.2 Å². The first-order chi connectivity index (χ1) is 11.9. The molecule has 1 aromatic heterocycles. The van der Waals surface area contributed by atoms with Crippen molar-refractivity contribution in [3.8, 4) is 5.75 Å². The molecule has 134 valence electrons. The molecule has 0 atom stereocenters. The summed E-state index contributed by atoms with van der Waals surface area (Å²) in [6, 6.07) is 3.60. The van der Waals surface area contributed by atoms with Crippen LogP contribution in [0.2, 0.25) is 0 Å². The quantitative estimate of drug-likeness (QED) is 0.513. The Kier molecular flexibility index (Phi) is 7.16. The summed E-state index contributed by atoms with van der Waals surface area (Å²) in [6.07, 6.45) is 1.28. The standard InChI is InChI=1S/C18H19FO4S2/c1-4-16(20)24-8-7-22-5-6-23-14-10-15-13(9-11(14)2)12(3)17(19)18(21)25-15/h4,9-10H,1,5-8H2,2-3H3. The fourth-order valence-corrected chi connectivity index (χ4v) is 3.64. The molecule has 0 N–H and O–H groups in total. The van der Waals surface area contributed by atoms with Crippen LogP contribution in [0.1, 0.15) is 11.1 Å². The zero-order valence-electron chi connectivity index (χ0n) is 14.1. The molecule has 0 fully saturated rings. The van der Waals surface area contributed by atoms with Gasteiger partial charge in [-0.2, -0.15) is 0 Å². The lowest BCUT2D eigenvalue weighted by Gasteiger charge is -2.11. The maximum absolute atomic E-state index is 13.7. The largest absolute Gasteiger partial charge is 0.491 e. The third kappa shape index (κ3) is 5.14. The maximum atomic E-state index is 13.7. The van der Waals surface area contributed by atoms with Crippen molar-refractivity contribution in [2.75, 3.05) is 25.6 Å². The van der Waals surface area contributed by atoms with Crippen LogP contribution in [0.25, 0.3) is 10.1 Å². The van der Waals surface area contributed by atoms with Gasteiger partial charge in [-0.25, -0.2) is 4.39 Å². The normalized spacial score (nSPS) is 10.8. The van der Waals surface area contributed by atoms with E-state index < -0.39 is 10.6 Å². The molecule has 0 unspecified atom stereocenters. The van der Waals surface area contributed by atoms with E-state index in [-0.39, 0.29) is 5.12 Å². The van der Waals surface area contributed by atoms with Crippen LogP contribution in [0.4, 0.5) is 4.39 Å². The molecule has 2 aromatic rings. The van der Waals surface area contributed by atoms with Crippen molar-refractivity contribution in [3.63, 3.8) is 0 Å². The summed E-state index contributed by atoms with van der Waals surface area (Å²) in [4.78, 5) is 22.7. The summed E-state index contributed by atoms with van der Waals surface area (Å²) in [5.74, 6) is 0.527. The zero-order valence-corrected chi connectivity index (χ0v) is 15.7. The predicted molar refractivity (Wildman–Crippen MR) is 102 cm³/mol. The van der Waals surface area contributed by atoms with E-state index in [0.29, 0.717) is 41.6 Å². The molecule has 0 aliphatic heterocycles. The van der Waals surface area contributed by atoms with Crippen LogP contribution in [0.3, 0.4) is 0 Å². The van der Waals surface area contributed by atoms with Gasteiger partial charge in [0.15, 0.2) is 5.82 Å². The minimum Gasteiger partial charge on any atom is -0.491 e. The van der Waals surface area contributed by atoms with Crippen LogP contribution in [-0.4, -0.2) is 30.7 Å². The molecule has 0 aliphatic rings. The summed E-state index contributed by atoms with van der Waals surface area (Å²) in [7, 11) is 0. The van der Waals surface area contributed by atoms with Crippen LogP contribution < -0.4 is 9.48 Å². The highest BCUT2D eigenvalue weighted by molar-refractivity contribution is 8.14. The average Bonchev–Trinajstić information content (AvgIpc) is 2.60. The number of ether oxygens (including phenoxy) is 2. The van der Waals surface area contributed by atoms with Crippen molar-refractivity contribution in [1.29, 1.82) is 0 Å². The molecule has 2 rings (SSSR count). The number of rotatable bonds is 8. The van der Waals surface area contributed by atoms with Gasteiger partial charge in [-0.1, -0.05) is 29.7 Å². The monoisotopic (exact) mass is 382 g/mol. The Morgan fingerprint density at radius 3 is 2.80 bits per heavy atom. The van der Waals surface area contributed by atoms with E-state index in [4.69, 9.17) is 9.47 Å². The van der Waals surface area contributed by atoms with Crippen LogP contribution in [0.15, 0.2) is 29.6 Å². The Morgan fingerprint density at radius 2 is 2.08 bits per heavy atom. The van der Waals surface area contributed by atoms with Crippen molar-refractivity contribution < 1.29 is 18.7 Å². The summed E-state index contributed by atoms with van der Waals surface area (Å²) in [6.45, 7) is 8.06. The third-order valence-corrected chi connectivity index (χ3v) is 5.26. The van der Waals surface area contributed by atoms with Crippen LogP contribution >= 0.6 is 23.1 Å². The van der Waals surface area contributed by atoms with Crippen LogP contribution in [0, 0.1) is 19.7 Å². The van der Waals surface area contributed by atoms with Gasteiger partial charge in [-0.15, -0.1) is 0 Å². The van der Waals surface area contributed by atoms with Gasteiger partial charge < -0.3 is 9.47 Å². The molecule has 0 amide bonds. The molecule has 7 heteroatoms. The summed E-state index contributed by atoms with van der Waals surface area (Å²) >= 11 is 2.03. The first-order valence-electron chi connectivity index (χ1n) is 7.67. The van der Waals surface area contributed by atoms with Crippen molar-refractivity contribution >= 4 is 38.3 Å². The number of hydrogen-bond donors (Lipinski definition) is 0. The minimum absolute atomic E-state index is 0.0719. The van der Waals surface area contributed by atoms with Gasteiger partial charge in [0.25, 0.3) is 4.74 Å². The van der Waals surface area contributed by atoms with Crippen molar-refractivity contribution in [1.82, 2.24) is 0 Å². The van der Waals surface area contributed by atoms with E-state index in [0.717, 1.165) is 34.0 Å². The first-order valence-corrected chi connectivity index (χ1v) is 9.47. The summed E-state index contributed by atoms with van der Waals surface area (Å²) in [5, 5.41) is 0.657. The molecular formula is C18H19FO4S2. The molecule has 4 nitrogen and oxygen atoms in total. The van der Waals surface area contributed by atoms with Gasteiger partial charge in [0.2, 0.25) is 5.12 Å². The number of thioether (sulfide) groups is 1. The first kappa shape index (κ1) is 19.6. The maximum Gasteiger partial charge on any atom is 0.268 e. The molecule has 1 aromatic carbocycles. The van der Waals surface area contributed by atoms with Crippen LogP contribution in [0.5, 0.6) is 5.75 Å². The second-order valence-corrected chi connectivity index (χ2v) is 7.39. The van der Waals surface area contributed by atoms with E-state index in [1.54, 1.807) is 13.0 Å². The van der Waals surface area contributed by atoms with Crippen molar-refractivity contribution in [3.05, 3.63) is 51.3 Å². The number of carbonyl (C=O) groups excluding carboxylic acids is 1. The average molecular weight is 382 g/mol. The van der Waals surface area contributed by atoms with Crippen molar-refractivity contribution in [2.24, 2.45) is 0 Å². The zero-order chi connectivity index (χ0) is 18.4. The number of aryl methyl sites for hydroxylation is 2. The number of fused-ring (bicyclic) bond motifs is 1. The Morgan fingerprint density at radius 1 is 1.32 bits per heavy atom. The lowest BCUT2D eigenvalue weighted by Crippen LogP contribution is -2.10. The predicted octanol–water partition coefficient (Wildman–Crippen LogP) is 3.86. The van der Waals surface area contributed by atoms with E-state index >= 15 is 0 Å². The molecule has 0 bridgehead atoms. The second-order valence-electron chi connectivity index (χ2n) is 5.27. The van der Waals surface area contributed by atoms with E-state index in [1.165, 1.54) is 6.08 Å². The smallest absolute Gasteiger partial charge is 0.268 e. The summed E-state index contributed by atoms with van der Waals surface area (Å²) in [5.41, 5.74) is 1.23. The highest BCUT2D eigenvalue weighted by Crippen LogP contribution is 2.29. The third-order valence-electron chi connectivity index (χ3n) is 3.52. The molecule has 0 aliphatic carbocycles. The van der Waals surface area contributed by atoms with E-state index in [2.05, 4.69) is 6.58 Å². The van der Waals surface area contributed by atoms with E-state index in [9.17, 15) is 14.0 Å².